The minimum atomic E-state index is -0.500. The highest BCUT2D eigenvalue weighted by atomic mass is 19.1. The molecule has 0 unspecified atom stereocenters. The minimum Gasteiger partial charge on any atom is -0.349 e. The van der Waals surface area contributed by atoms with Crippen LogP contribution >= 0.6 is 0 Å². The van der Waals surface area contributed by atoms with Gasteiger partial charge in [0.2, 0.25) is 5.95 Å². The molecule has 0 atom stereocenters. The highest BCUT2D eigenvalue weighted by Gasteiger charge is 2.10. The van der Waals surface area contributed by atoms with E-state index in [9.17, 15) is 9.18 Å². The van der Waals surface area contributed by atoms with Crippen molar-refractivity contribution in [2.75, 3.05) is 10.6 Å². The molecule has 0 aliphatic heterocycles. The average molecular weight is 323 g/mol. The van der Waals surface area contributed by atoms with E-state index < -0.39 is 11.7 Å². The van der Waals surface area contributed by atoms with Crippen LogP contribution in [-0.4, -0.2) is 20.9 Å². The van der Waals surface area contributed by atoms with Crippen LogP contribution in [0.25, 0.3) is 0 Å². The number of carbonyl (C=O) groups is 1. The highest BCUT2D eigenvalue weighted by Crippen LogP contribution is 2.13. The Balaban J connectivity index is 1.61. The second-order valence-corrected chi connectivity index (χ2v) is 4.90. The van der Waals surface area contributed by atoms with Gasteiger partial charge in [-0.05, 0) is 24.3 Å². The van der Waals surface area contributed by atoms with E-state index in [-0.39, 0.29) is 11.3 Å². The van der Waals surface area contributed by atoms with E-state index in [0.29, 0.717) is 12.5 Å². The summed E-state index contributed by atoms with van der Waals surface area (Å²) < 4.78 is 13.5. The van der Waals surface area contributed by atoms with E-state index in [4.69, 9.17) is 0 Å². The maximum absolute atomic E-state index is 13.5. The first-order valence-corrected chi connectivity index (χ1v) is 7.24. The maximum atomic E-state index is 13.5. The normalized spacial score (nSPS) is 10.2. The van der Waals surface area contributed by atoms with E-state index in [1.54, 1.807) is 18.3 Å². The summed E-state index contributed by atoms with van der Waals surface area (Å²) in [5.41, 5.74) is 1.20. The van der Waals surface area contributed by atoms with Crippen LogP contribution in [0.5, 0.6) is 0 Å². The fraction of sp³-hybridized carbons (Fsp3) is 0.0588. The van der Waals surface area contributed by atoms with Gasteiger partial charge in [-0.1, -0.05) is 18.2 Å². The maximum Gasteiger partial charge on any atom is 0.258 e. The third-order valence-corrected chi connectivity index (χ3v) is 3.19. The van der Waals surface area contributed by atoms with Crippen LogP contribution in [0.1, 0.15) is 16.1 Å². The van der Waals surface area contributed by atoms with Crippen LogP contribution in [0.15, 0.2) is 61.1 Å². The lowest BCUT2D eigenvalue weighted by molar-refractivity contribution is 0.102. The van der Waals surface area contributed by atoms with Crippen LogP contribution in [0.2, 0.25) is 0 Å². The predicted octanol–water partition coefficient (Wildman–Crippen LogP) is 2.88. The van der Waals surface area contributed by atoms with Gasteiger partial charge in [0.15, 0.2) is 0 Å². The third-order valence-electron chi connectivity index (χ3n) is 3.19. The van der Waals surface area contributed by atoms with Gasteiger partial charge >= 0.3 is 0 Å². The van der Waals surface area contributed by atoms with Crippen LogP contribution in [-0.2, 0) is 6.54 Å². The lowest BCUT2D eigenvalue weighted by Gasteiger charge is -2.07. The summed E-state index contributed by atoms with van der Waals surface area (Å²) in [6.45, 7) is 0.474. The molecular weight excluding hydrogens is 309 g/mol. The number of rotatable bonds is 5. The summed E-state index contributed by atoms with van der Waals surface area (Å²) in [5, 5.41) is 5.49. The van der Waals surface area contributed by atoms with Crippen molar-refractivity contribution < 1.29 is 9.18 Å². The molecule has 0 aliphatic carbocycles. The zero-order valence-electron chi connectivity index (χ0n) is 12.6. The van der Waals surface area contributed by atoms with Gasteiger partial charge in [-0.3, -0.25) is 9.78 Å². The fourth-order valence-corrected chi connectivity index (χ4v) is 1.97. The Morgan fingerprint density at radius 1 is 1.00 bits per heavy atom. The first-order valence-electron chi connectivity index (χ1n) is 7.24. The van der Waals surface area contributed by atoms with Gasteiger partial charge < -0.3 is 10.6 Å². The van der Waals surface area contributed by atoms with Crippen molar-refractivity contribution in [1.82, 2.24) is 15.0 Å². The van der Waals surface area contributed by atoms with E-state index in [1.807, 2.05) is 18.2 Å². The van der Waals surface area contributed by atoms with Crippen LogP contribution in [0, 0.1) is 5.82 Å². The number of amides is 1. The minimum absolute atomic E-state index is 0.111. The Morgan fingerprint density at radius 2 is 1.75 bits per heavy atom. The van der Waals surface area contributed by atoms with Crippen LogP contribution in [0.3, 0.4) is 0 Å². The van der Waals surface area contributed by atoms with E-state index >= 15 is 0 Å². The molecule has 1 amide bonds. The summed E-state index contributed by atoms with van der Waals surface area (Å²) in [6, 6.07) is 11.6. The van der Waals surface area contributed by atoms with Gasteiger partial charge in [0.1, 0.15) is 5.82 Å². The molecule has 0 radical (unpaired) electrons. The third kappa shape index (κ3) is 3.89. The molecule has 0 bridgehead atoms. The van der Waals surface area contributed by atoms with E-state index in [2.05, 4.69) is 25.6 Å². The number of carbonyl (C=O) groups excluding carboxylic acids is 1. The zero-order valence-corrected chi connectivity index (χ0v) is 12.6. The van der Waals surface area contributed by atoms with Crippen molar-refractivity contribution in [3.8, 4) is 0 Å². The topological polar surface area (TPSA) is 79.8 Å². The molecule has 1 aromatic carbocycles. The Hall–Kier alpha value is -3.35. The standard InChI is InChI=1S/C17H14FN5O/c18-14-6-1-2-7-15(14)23-16(24)12-9-20-17(21-10-12)22-11-13-5-3-4-8-19-13/h1-10H,11H2,(H,23,24)(H,20,21,22). The molecule has 0 spiro atoms. The number of para-hydroxylation sites is 1. The van der Waals surface area contributed by atoms with Gasteiger partial charge in [-0.25, -0.2) is 14.4 Å². The predicted molar refractivity (Wildman–Crippen MR) is 87.9 cm³/mol. The molecule has 120 valence electrons. The molecule has 0 aliphatic rings. The largest absolute Gasteiger partial charge is 0.349 e. The number of hydrogen-bond donors (Lipinski definition) is 2. The van der Waals surface area contributed by atoms with E-state index in [1.165, 1.54) is 24.5 Å². The molecule has 24 heavy (non-hydrogen) atoms. The molecule has 2 N–H and O–H groups in total. The number of pyridine rings is 1. The number of aromatic nitrogens is 3. The Bertz CT molecular complexity index is 824. The van der Waals surface area contributed by atoms with Crippen LogP contribution in [0.4, 0.5) is 16.0 Å². The summed E-state index contributed by atoms with van der Waals surface area (Å²) in [5.74, 6) is -0.597. The fourth-order valence-electron chi connectivity index (χ4n) is 1.97. The molecule has 3 aromatic rings. The first kappa shape index (κ1) is 15.5. The number of halogens is 1. The summed E-state index contributed by atoms with van der Waals surface area (Å²) in [6.07, 6.45) is 4.46. The summed E-state index contributed by atoms with van der Waals surface area (Å²) in [7, 11) is 0. The zero-order chi connectivity index (χ0) is 16.8. The average Bonchev–Trinajstić information content (AvgIpc) is 2.63. The Morgan fingerprint density at radius 3 is 2.46 bits per heavy atom. The summed E-state index contributed by atoms with van der Waals surface area (Å²) in [4.78, 5) is 24.4. The molecular formula is C17H14FN5O. The molecule has 0 fully saturated rings. The number of benzene rings is 1. The number of nitrogens with zero attached hydrogens (tertiary/aromatic N) is 3. The van der Waals surface area contributed by atoms with Crippen molar-refractivity contribution in [2.24, 2.45) is 0 Å². The monoisotopic (exact) mass is 323 g/mol. The molecule has 7 heteroatoms. The second kappa shape index (κ2) is 7.28. The highest BCUT2D eigenvalue weighted by molar-refractivity contribution is 6.03. The SMILES string of the molecule is O=C(Nc1ccccc1F)c1cnc(NCc2ccccn2)nc1. The lowest BCUT2D eigenvalue weighted by Crippen LogP contribution is -2.14. The first-order chi connectivity index (χ1) is 11.7. The molecule has 0 saturated carbocycles. The smallest absolute Gasteiger partial charge is 0.258 e. The van der Waals surface area contributed by atoms with Crippen molar-refractivity contribution in [3.63, 3.8) is 0 Å². The molecule has 2 aromatic heterocycles. The number of nitrogens with one attached hydrogen (secondary N) is 2. The van der Waals surface area contributed by atoms with Gasteiger partial charge in [0.25, 0.3) is 5.91 Å². The van der Waals surface area contributed by atoms with Crippen molar-refractivity contribution >= 4 is 17.5 Å². The lowest BCUT2D eigenvalue weighted by atomic mass is 10.2. The Labute approximate surface area is 137 Å². The van der Waals surface area contributed by atoms with Crippen molar-refractivity contribution in [3.05, 3.63) is 78.1 Å². The number of anilines is 2. The Kier molecular flexibility index (Phi) is 4.71. The van der Waals surface area contributed by atoms with Gasteiger partial charge in [0, 0.05) is 18.6 Å². The number of hydrogen-bond acceptors (Lipinski definition) is 5. The quantitative estimate of drug-likeness (QED) is 0.755. The molecule has 2 heterocycles. The van der Waals surface area contributed by atoms with Crippen LogP contribution < -0.4 is 10.6 Å². The van der Waals surface area contributed by atoms with Gasteiger partial charge in [0.05, 0.1) is 23.5 Å². The van der Waals surface area contributed by atoms with Crippen molar-refractivity contribution in [1.29, 1.82) is 0 Å². The van der Waals surface area contributed by atoms with Gasteiger partial charge in [-0.15, -0.1) is 0 Å². The molecule has 6 nitrogen and oxygen atoms in total. The molecule has 3 rings (SSSR count). The second-order valence-electron chi connectivity index (χ2n) is 4.90. The van der Waals surface area contributed by atoms with E-state index in [0.717, 1.165) is 5.69 Å². The van der Waals surface area contributed by atoms with Crippen molar-refractivity contribution in [2.45, 2.75) is 6.54 Å². The summed E-state index contributed by atoms with van der Waals surface area (Å²) >= 11 is 0. The molecule has 0 saturated heterocycles. The van der Waals surface area contributed by atoms with Gasteiger partial charge in [-0.2, -0.15) is 0 Å².